The Morgan fingerprint density at radius 1 is 1.43 bits per heavy atom. The van der Waals surface area contributed by atoms with Gasteiger partial charge in [-0.3, -0.25) is 0 Å². The largest absolute Gasteiger partial charge is 0.351 e. The van der Waals surface area contributed by atoms with Crippen molar-refractivity contribution in [1.29, 1.82) is 0 Å². The topological polar surface area (TPSA) is 37.8 Å². The highest BCUT2D eigenvalue weighted by Crippen LogP contribution is 2.11. The first-order valence-corrected chi connectivity index (χ1v) is 5.19. The van der Waals surface area contributed by atoms with E-state index in [1.54, 1.807) is 6.20 Å². The fraction of sp³-hybridized carbons (Fsp3) is 0.636. The van der Waals surface area contributed by atoms with Gasteiger partial charge in [-0.1, -0.05) is 20.3 Å². The molecule has 0 radical (unpaired) electrons. The van der Waals surface area contributed by atoms with Crippen LogP contribution in [0.4, 0.5) is 5.95 Å². The van der Waals surface area contributed by atoms with E-state index in [0.29, 0.717) is 12.0 Å². The van der Waals surface area contributed by atoms with Crippen molar-refractivity contribution in [1.82, 2.24) is 9.97 Å². The Morgan fingerprint density at radius 2 is 2.14 bits per heavy atom. The van der Waals surface area contributed by atoms with Gasteiger partial charge in [-0.05, 0) is 25.8 Å². The number of hydrogen-bond donors (Lipinski definition) is 1. The molecule has 78 valence electrons. The number of nitrogens with zero attached hydrogens (tertiary/aromatic N) is 2. The molecule has 0 fully saturated rings. The summed E-state index contributed by atoms with van der Waals surface area (Å²) in [6.07, 6.45) is 2.95. The highest BCUT2D eigenvalue weighted by atomic mass is 15.1. The van der Waals surface area contributed by atoms with Crippen molar-refractivity contribution in [2.24, 2.45) is 5.92 Å². The van der Waals surface area contributed by atoms with Crippen LogP contribution in [0.15, 0.2) is 12.3 Å². The van der Waals surface area contributed by atoms with Crippen LogP contribution in [0.25, 0.3) is 0 Å². The van der Waals surface area contributed by atoms with Crippen LogP contribution < -0.4 is 5.32 Å². The predicted octanol–water partition coefficient (Wildman–Crippen LogP) is 2.63. The van der Waals surface area contributed by atoms with E-state index in [1.807, 2.05) is 13.0 Å². The maximum Gasteiger partial charge on any atom is 0.223 e. The lowest BCUT2D eigenvalue weighted by molar-refractivity contribution is 0.492. The fourth-order valence-electron chi connectivity index (χ4n) is 1.22. The molecule has 1 rings (SSSR count). The van der Waals surface area contributed by atoms with Crippen molar-refractivity contribution in [2.75, 3.05) is 5.32 Å². The SMILES string of the molecule is CCC(C)C(C)Nc1nccc(C)n1. The van der Waals surface area contributed by atoms with Crippen LogP contribution >= 0.6 is 0 Å². The van der Waals surface area contributed by atoms with E-state index >= 15 is 0 Å². The lowest BCUT2D eigenvalue weighted by Crippen LogP contribution is -2.24. The van der Waals surface area contributed by atoms with Crippen LogP contribution in [-0.2, 0) is 0 Å². The van der Waals surface area contributed by atoms with Gasteiger partial charge in [0.25, 0.3) is 0 Å². The number of aryl methyl sites for hydroxylation is 1. The van der Waals surface area contributed by atoms with Crippen molar-refractivity contribution >= 4 is 5.95 Å². The quantitative estimate of drug-likeness (QED) is 0.798. The van der Waals surface area contributed by atoms with Gasteiger partial charge in [0.05, 0.1) is 0 Å². The Balaban J connectivity index is 2.60. The molecule has 1 aromatic heterocycles. The maximum absolute atomic E-state index is 4.31. The highest BCUT2D eigenvalue weighted by molar-refractivity contribution is 5.26. The number of hydrogen-bond acceptors (Lipinski definition) is 3. The summed E-state index contributed by atoms with van der Waals surface area (Å²) in [6, 6.07) is 2.32. The molecule has 0 aromatic carbocycles. The van der Waals surface area contributed by atoms with Crippen molar-refractivity contribution < 1.29 is 0 Å². The van der Waals surface area contributed by atoms with E-state index in [4.69, 9.17) is 0 Å². The van der Waals surface area contributed by atoms with Crippen molar-refractivity contribution in [2.45, 2.75) is 40.2 Å². The van der Waals surface area contributed by atoms with Crippen LogP contribution in [0, 0.1) is 12.8 Å². The van der Waals surface area contributed by atoms with Gasteiger partial charge in [-0.15, -0.1) is 0 Å². The monoisotopic (exact) mass is 193 g/mol. The summed E-state index contributed by atoms with van der Waals surface area (Å²) in [6.45, 7) is 8.56. The summed E-state index contributed by atoms with van der Waals surface area (Å²) in [5.74, 6) is 1.37. The summed E-state index contributed by atoms with van der Waals surface area (Å²) in [5, 5.41) is 3.31. The second-order valence-electron chi connectivity index (χ2n) is 3.84. The zero-order valence-electron chi connectivity index (χ0n) is 9.41. The smallest absolute Gasteiger partial charge is 0.223 e. The number of nitrogens with one attached hydrogen (secondary N) is 1. The molecule has 14 heavy (non-hydrogen) atoms. The molecule has 0 aliphatic rings. The van der Waals surface area contributed by atoms with Crippen LogP contribution in [0.5, 0.6) is 0 Å². The van der Waals surface area contributed by atoms with Gasteiger partial charge < -0.3 is 5.32 Å². The molecule has 0 amide bonds. The van der Waals surface area contributed by atoms with Crippen LogP contribution in [0.3, 0.4) is 0 Å². The molecule has 0 saturated heterocycles. The van der Waals surface area contributed by atoms with Gasteiger partial charge >= 0.3 is 0 Å². The minimum atomic E-state index is 0.418. The summed E-state index contributed by atoms with van der Waals surface area (Å²) in [5.41, 5.74) is 0.999. The van der Waals surface area contributed by atoms with Crippen molar-refractivity contribution in [3.05, 3.63) is 18.0 Å². The molecular weight excluding hydrogens is 174 g/mol. The Kier molecular flexibility index (Phi) is 3.86. The van der Waals surface area contributed by atoms with Gasteiger partial charge in [0.2, 0.25) is 5.95 Å². The number of aromatic nitrogens is 2. The third-order valence-electron chi connectivity index (χ3n) is 2.65. The molecule has 0 spiro atoms. The average Bonchev–Trinajstić information content (AvgIpc) is 2.16. The zero-order valence-corrected chi connectivity index (χ0v) is 9.41. The Morgan fingerprint density at radius 3 is 2.71 bits per heavy atom. The number of rotatable bonds is 4. The van der Waals surface area contributed by atoms with Gasteiger partial charge in [0, 0.05) is 17.9 Å². The summed E-state index contributed by atoms with van der Waals surface area (Å²) < 4.78 is 0. The Labute approximate surface area is 86.0 Å². The molecule has 1 aromatic rings. The first kappa shape index (κ1) is 11.0. The summed E-state index contributed by atoms with van der Waals surface area (Å²) in [7, 11) is 0. The second-order valence-corrected chi connectivity index (χ2v) is 3.84. The maximum atomic E-state index is 4.31. The molecule has 0 bridgehead atoms. The molecule has 1 N–H and O–H groups in total. The van der Waals surface area contributed by atoms with E-state index < -0.39 is 0 Å². The first-order chi connectivity index (χ1) is 6.63. The standard InChI is InChI=1S/C11H19N3/c1-5-8(2)10(4)14-11-12-7-6-9(3)13-11/h6-8,10H,5H2,1-4H3,(H,12,13,14). The minimum absolute atomic E-state index is 0.418. The normalized spacial score (nSPS) is 14.9. The van der Waals surface area contributed by atoms with Gasteiger partial charge in [-0.25, -0.2) is 9.97 Å². The second kappa shape index (κ2) is 4.94. The third-order valence-corrected chi connectivity index (χ3v) is 2.65. The summed E-state index contributed by atoms with van der Waals surface area (Å²) in [4.78, 5) is 8.48. The van der Waals surface area contributed by atoms with Crippen LogP contribution in [-0.4, -0.2) is 16.0 Å². The Bertz CT molecular complexity index is 286. The van der Waals surface area contributed by atoms with E-state index in [1.165, 1.54) is 6.42 Å². The molecular formula is C11H19N3. The molecule has 2 atom stereocenters. The highest BCUT2D eigenvalue weighted by Gasteiger charge is 2.10. The molecule has 2 unspecified atom stereocenters. The van der Waals surface area contributed by atoms with E-state index in [-0.39, 0.29) is 0 Å². The molecule has 0 saturated carbocycles. The molecule has 3 nitrogen and oxygen atoms in total. The van der Waals surface area contributed by atoms with Gasteiger partial charge in [0.15, 0.2) is 0 Å². The van der Waals surface area contributed by atoms with Gasteiger partial charge in [0.1, 0.15) is 0 Å². The Hall–Kier alpha value is -1.12. The van der Waals surface area contributed by atoms with Crippen molar-refractivity contribution in [3.8, 4) is 0 Å². The number of anilines is 1. The molecule has 1 heterocycles. The predicted molar refractivity (Wildman–Crippen MR) is 59.3 cm³/mol. The molecule has 3 heteroatoms. The van der Waals surface area contributed by atoms with Crippen LogP contribution in [0.2, 0.25) is 0 Å². The zero-order chi connectivity index (χ0) is 10.6. The third kappa shape index (κ3) is 2.98. The lowest BCUT2D eigenvalue weighted by atomic mass is 10.0. The van der Waals surface area contributed by atoms with Gasteiger partial charge in [-0.2, -0.15) is 0 Å². The fourth-order valence-corrected chi connectivity index (χ4v) is 1.22. The molecule has 0 aliphatic heterocycles. The van der Waals surface area contributed by atoms with Crippen molar-refractivity contribution in [3.63, 3.8) is 0 Å². The molecule has 0 aliphatic carbocycles. The minimum Gasteiger partial charge on any atom is -0.351 e. The van der Waals surface area contributed by atoms with E-state index in [0.717, 1.165) is 11.6 Å². The van der Waals surface area contributed by atoms with E-state index in [9.17, 15) is 0 Å². The van der Waals surface area contributed by atoms with E-state index in [2.05, 4.69) is 36.1 Å². The first-order valence-electron chi connectivity index (χ1n) is 5.19. The average molecular weight is 193 g/mol. The van der Waals surface area contributed by atoms with Crippen LogP contribution in [0.1, 0.15) is 32.9 Å². The lowest BCUT2D eigenvalue weighted by Gasteiger charge is -2.19. The summed E-state index contributed by atoms with van der Waals surface area (Å²) >= 11 is 0.